The summed E-state index contributed by atoms with van der Waals surface area (Å²) >= 11 is 5.87. The number of anilines is 1. The van der Waals surface area contributed by atoms with Gasteiger partial charge in [-0.3, -0.25) is 9.59 Å². The average molecular weight is 439 g/mol. The minimum atomic E-state index is -0.352. The predicted molar refractivity (Wildman–Crippen MR) is 117 cm³/mol. The highest BCUT2D eigenvalue weighted by Gasteiger charge is 2.26. The van der Waals surface area contributed by atoms with Crippen LogP contribution >= 0.6 is 11.6 Å². The van der Waals surface area contributed by atoms with Crippen molar-refractivity contribution in [1.82, 2.24) is 5.32 Å². The molecule has 0 aliphatic carbocycles. The molecule has 31 heavy (non-hydrogen) atoms. The van der Waals surface area contributed by atoms with Gasteiger partial charge in [-0.1, -0.05) is 23.7 Å². The van der Waals surface area contributed by atoms with E-state index in [0.29, 0.717) is 35.0 Å². The van der Waals surface area contributed by atoms with Crippen molar-refractivity contribution in [2.24, 2.45) is 5.92 Å². The zero-order chi connectivity index (χ0) is 21.8. The third kappa shape index (κ3) is 5.22. The van der Waals surface area contributed by atoms with Crippen LogP contribution in [0, 0.1) is 11.7 Å². The van der Waals surface area contributed by atoms with Gasteiger partial charge in [0.05, 0.1) is 5.92 Å². The third-order valence-electron chi connectivity index (χ3n) is 5.08. The van der Waals surface area contributed by atoms with E-state index in [2.05, 4.69) is 10.6 Å². The van der Waals surface area contributed by atoms with Gasteiger partial charge in [-0.2, -0.15) is 0 Å². The molecule has 1 aliphatic rings. The van der Waals surface area contributed by atoms with Crippen molar-refractivity contribution in [1.29, 1.82) is 0 Å². The number of carbonyl (C=O) groups is 2. The van der Waals surface area contributed by atoms with E-state index in [4.69, 9.17) is 16.3 Å². The Morgan fingerprint density at radius 2 is 1.77 bits per heavy atom. The molecule has 1 heterocycles. The summed E-state index contributed by atoms with van der Waals surface area (Å²) in [4.78, 5) is 25.0. The Hall–Kier alpha value is -3.38. The van der Waals surface area contributed by atoms with Crippen LogP contribution < -0.4 is 15.4 Å². The summed E-state index contributed by atoms with van der Waals surface area (Å²) in [7, 11) is 0. The molecule has 3 aromatic rings. The van der Waals surface area contributed by atoms with Crippen LogP contribution in [0.4, 0.5) is 10.1 Å². The van der Waals surface area contributed by atoms with Crippen LogP contribution in [-0.4, -0.2) is 18.4 Å². The lowest BCUT2D eigenvalue weighted by atomic mass is 9.95. The van der Waals surface area contributed by atoms with Crippen LogP contribution in [0.25, 0.3) is 0 Å². The van der Waals surface area contributed by atoms with Gasteiger partial charge < -0.3 is 15.4 Å². The van der Waals surface area contributed by atoms with E-state index in [9.17, 15) is 14.0 Å². The summed E-state index contributed by atoms with van der Waals surface area (Å²) in [5.41, 5.74) is 2.78. The van der Waals surface area contributed by atoms with Crippen LogP contribution in [-0.2, 0) is 17.8 Å². The maximum Gasteiger partial charge on any atom is 0.255 e. The van der Waals surface area contributed by atoms with Crippen LogP contribution in [0.1, 0.15) is 21.5 Å². The van der Waals surface area contributed by atoms with E-state index in [1.807, 2.05) is 6.07 Å². The molecule has 0 radical (unpaired) electrons. The monoisotopic (exact) mass is 438 g/mol. The summed E-state index contributed by atoms with van der Waals surface area (Å²) in [5.74, 6) is -0.346. The largest absolute Gasteiger partial charge is 0.492 e. The Morgan fingerprint density at radius 3 is 2.52 bits per heavy atom. The number of carbonyl (C=O) groups excluding carboxylic acids is 2. The molecule has 0 fully saturated rings. The summed E-state index contributed by atoms with van der Waals surface area (Å²) in [6.07, 6.45) is 0.495. The smallest absolute Gasteiger partial charge is 0.255 e. The number of ether oxygens (including phenoxy) is 1. The average Bonchev–Trinajstić information content (AvgIpc) is 2.78. The van der Waals surface area contributed by atoms with E-state index >= 15 is 0 Å². The summed E-state index contributed by atoms with van der Waals surface area (Å²) in [6, 6.07) is 18.0. The number of hydrogen-bond acceptors (Lipinski definition) is 3. The number of benzene rings is 3. The van der Waals surface area contributed by atoms with Crippen molar-refractivity contribution < 1.29 is 18.7 Å². The summed E-state index contributed by atoms with van der Waals surface area (Å²) in [5, 5.41) is 6.29. The first-order chi connectivity index (χ1) is 15.0. The Balaban J connectivity index is 1.38. The first-order valence-electron chi connectivity index (χ1n) is 9.83. The normalized spacial score (nSPS) is 14.8. The van der Waals surface area contributed by atoms with E-state index < -0.39 is 0 Å². The Bertz CT molecular complexity index is 1100. The zero-order valence-corrected chi connectivity index (χ0v) is 17.3. The molecule has 5 nitrogen and oxygen atoms in total. The first kappa shape index (κ1) is 20.9. The van der Waals surface area contributed by atoms with E-state index in [1.54, 1.807) is 48.5 Å². The second-order valence-electron chi connectivity index (χ2n) is 7.34. The zero-order valence-electron chi connectivity index (χ0n) is 16.5. The fraction of sp³-hybridized carbons (Fsp3) is 0.167. The number of fused-ring (bicyclic) bond motifs is 1. The third-order valence-corrected chi connectivity index (χ3v) is 5.33. The SMILES string of the molecule is O=C(Nc1ccc2c(c1)CC(C(=O)NCc1ccc(F)cc1)CO2)c1ccc(Cl)cc1. The number of hydrogen-bond donors (Lipinski definition) is 2. The Morgan fingerprint density at radius 1 is 1.03 bits per heavy atom. The first-order valence-corrected chi connectivity index (χ1v) is 10.2. The van der Waals surface area contributed by atoms with Gasteiger partial charge >= 0.3 is 0 Å². The minimum Gasteiger partial charge on any atom is -0.492 e. The van der Waals surface area contributed by atoms with Crippen molar-refractivity contribution >= 4 is 29.1 Å². The van der Waals surface area contributed by atoms with Crippen molar-refractivity contribution in [2.75, 3.05) is 11.9 Å². The second kappa shape index (κ2) is 9.18. The Kier molecular flexibility index (Phi) is 6.18. The molecular weight excluding hydrogens is 419 g/mol. The van der Waals surface area contributed by atoms with Gasteiger partial charge in [0, 0.05) is 22.8 Å². The van der Waals surface area contributed by atoms with Gasteiger partial charge in [0.1, 0.15) is 18.2 Å². The van der Waals surface area contributed by atoms with Crippen molar-refractivity contribution in [3.05, 3.63) is 94.3 Å². The van der Waals surface area contributed by atoms with E-state index in [1.165, 1.54) is 12.1 Å². The maximum atomic E-state index is 13.0. The molecule has 2 amide bonds. The highest BCUT2D eigenvalue weighted by molar-refractivity contribution is 6.30. The van der Waals surface area contributed by atoms with Crippen LogP contribution in [0.15, 0.2) is 66.7 Å². The van der Waals surface area contributed by atoms with Gasteiger partial charge in [0.15, 0.2) is 0 Å². The Labute approximate surface area is 184 Å². The fourth-order valence-electron chi connectivity index (χ4n) is 3.38. The molecule has 2 N–H and O–H groups in total. The summed E-state index contributed by atoms with van der Waals surface area (Å²) < 4.78 is 18.8. The second-order valence-corrected chi connectivity index (χ2v) is 7.78. The van der Waals surface area contributed by atoms with Crippen molar-refractivity contribution in [2.45, 2.75) is 13.0 Å². The van der Waals surface area contributed by atoms with Gasteiger partial charge in [0.25, 0.3) is 5.91 Å². The topological polar surface area (TPSA) is 67.4 Å². The number of rotatable bonds is 5. The lowest BCUT2D eigenvalue weighted by Crippen LogP contribution is -2.37. The van der Waals surface area contributed by atoms with Crippen LogP contribution in [0.2, 0.25) is 5.02 Å². The van der Waals surface area contributed by atoms with Crippen LogP contribution in [0.3, 0.4) is 0 Å². The molecule has 0 bridgehead atoms. The minimum absolute atomic E-state index is 0.134. The number of amides is 2. The molecule has 1 unspecified atom stereocenters. The lowest BCUT2D eigenvalue weighted by molar-refractivity contribution is -0.126. The number of halogens is 2. The molecule has 4 rings (SSSR count). The van der Waals surface area contributed by atoms with E-state index in [0.717, 1.165) is 11.1 Å². The van der Waals surface area contributed by atoms with Gasteiger partial charge in [-0.15, -0.1) is 0 Å². The fourth-order valence-corrected chi connectivity index (χ4v) is 3.51. The van der Waals surface area contributed by atoms with Gasteiger partial charge in [-0.25, -0.2) is 4.39 Å². The molecule has 1 atom stereocenters. The van der Waals surface area contributed by atoms with Gasteiger partial charge in [-0.05, 0) is 72.1 Å². The molecule has 7 heteroatoms. The van der Waals surface area contributed by atoms with Crippen molar-refractivity contribution in [3.63, 3.8) is 0 Å². The van der Waals surface area contributed by atoms with Crippen molar-refractivity contribution in [3.8, 4) is 5.75 Å². The predicted octanol–water partition coefficient (Wildman–Crippen LogP) is 4.60. The highest BCUT2D eigenvalue weighted by Crippen LogP contribution is 2.30. The quantitative estimate of drug-likeness (QED) is 0.611. The van der Waals surface area contributed by atoms with Crippen LogP contribution in [0.5, 0.6) is 5.75 Å². The maximum absolute atomic E-state index is 13.0. The molecule has 0 saturated heterocycles. The highest BCUT2D eigenvalue weighted by atomic mass is 35.5. The summed E-state index contributed by atoms with van der Waals surface area (Å²) in [6.45, 7) is 0.596. The standard InChI is InChI=1S/C24H20ClFN2O3/c25-19-5-3-16(4-6-19)24(30)28-21-9-10-22-17(12-21)11-18(14-31-22)23(29)27-13-15-1-7-20(26)8-2-15/h1-10,12,18H,11,13-14H2,(H,27,29)(H,28,30). The molecule has 0 saturated carbocycles. The molecule has 0 aromatic heterocycles. The molecule has 1 aliphatic heterocycles. The van der Waals surface area contributed by atoms with E-state index in [-0.39, 0.29) is 30.2 Å². The molecular formula is C24H20ClFN2O3. The van der Waals surface area contributed by atoms with Gasteiger partial charge in [0.2, 0.25) is 5.91 Å². The molecule has 158 valence electrons. The number of nitrogens with one attached hydrogen (secondary N) is 2. The lowest BCUT2D eigenvalue weighted by Gasteiger charge is -2.25. The molecule has 0 spiro atoms. The molecule has 3 aromatic carbocycles.